The van der Waals surface area contributed by atoms with Crippen LogP contribution in [0, 0.1) is 5.82 Å². The minimum absolute atomic E-state index is 0.0296. The number of halogens is 4. The Bertz CT molecular complexity index is 1920. The monoisotopic (exact) mass is 700 g/mol. The number of alkyl halides is 3. The van der Waals surface area contributed by atoms with Gasteiger partial charge >= 0.3 is 6.36 Å². The molecule has 0 radical (unpaired) electrons. The summed E-state index contributed by atoms with van der Waals surface area (Å²) in [7, 11) is -1.01. The molecule has 0 aliphatic carbocycles. The lowest BCUT2D eigenvalue weighted by Crippen LogP contribution is -2.34. The molecule has 2 aromatic heterocycles. The Kier molecular flexibility index (Phi) is 10.9. The number of rotatable bonds is 14. The largest absolute Gasteiger partial charge is 0.573 e. The van der Waals surface area contributed by atoms with Crippen LogP contribution in [0.15, 0.2) is 97.2 Å². The van der Waals surface area contributed by atoms with E-state index in [1.165, 1.54) is 35.5 Å². The van der Waals surface area contributed by atoms with Gasteiger partial charge in [0, 0.05) is 24.8 Å². The lowest BCUT2D eigenvalue weighted by Gasteiger charge is -2.24. The maximum absolute atomic E-state index is 14.4. The van der Waals surface area contributed by atoms with Crippen molar-refractivity contribution in [2.45, 2.75) is 32.1 Å². The predicted molar refractivity (Wildman–Crippen MR) is 172 cm³/mol. The highest BCUT2D eigenvalue weighted by molar-refractivity contribution is 7.89. The Morgan fingerprint density at radius 2 is 1.43 bits per heavy atom. The molecule has 49 heavy (non-hydrogen) atoms. The highest BCUT2D eigenvalue weighted by Gasteiger charge is 2.31. The van der Waals surface area contributed by atoms with E-state index in [1.807, 2.05) is 0 Å². The number of aromatic nitrogens is 3. The molecule has 3 aromatic carbocycles. The average molecular weight is 701 g/mol. The van der Waals surface area contributed by atoms with E-state index in [9.17, 15) is 31.1 Å². The molecule has 0 aliphatic rings. The molecule has 0 saturated carbocycles. The first-order valence-electron chi connectivity index (χ1n) is 14.8. The van der Waals surface area contributed by atoms with Gasteiger partial charge in [-0.3, -0.25) is 4.68 Å². The average Bonchev–Trinajstić information content (AvgIpc) is 3.54. The third-order valence-corrected chi connectivity index (χ3v) is 9.18. The van der Waals surface area contributed by atoms with Crippen molar-refractivity contribution in [3.05, 3.63) is 125 Å². The lowest BCUT2D eigenvalue weighted by atomic mass is 10.2. The number of sulfonamides is 1. The molecule has 0 saturated heterocycles. The molecule has 0 amide bonds. The zero-order valence-corrected chi connectivity index (χ0v) is 27.2. The first kappa shape index (κ1) is 35.3. The topological polar surface area (TPSA) is 116 Å². The minimum atomic E-state index is -4.93. The molecule has 15 heteroatoms. The molecule has 0 fully saturated rings. The van der Waals surface area contributed by atoms with Gasteiger partial charge in [0.15, 0.2) is 0 Å². The van der Waals surface area contributed by atoms with Crippen LogP contribution in [0.1, 0.15) is 28.5 Å². The van der Waals surface area contributed by atoms with Crippen LogP contribution >= 0.6 is 0 Å². The molecule has 0 bridgehead atoms. The van der Waals surface area contributed by atoms with E-state index in [-0.39, 0.29) is 36.6 Å². The van der Waals surface area contributed by atoms with Crippen molar-refractivity contribution in [2.24, 2.45) is 0 Å². The molecular weight excluding hydrogens is 668 g/mol. The summed E-state index contributed by atoms with van der Waals surface area (Å²) in [5.74, 6) is -0.738. The number of pyridine rings is 1. The van der Waals surface area contributed by atoms with Crippen LogP contribution in [0.4, 0.5) is 17.6 Å². The van der Waals surface area contributed by atoms with Crippen LogP contribution in [0.5, 0.6) is 17.2 Å². The van der Waals surface area contributed by atoms with Gasteiger partial charge in [0.2, 0.25) is 10.0 Å². The van der Waals surface area contributed by atoms with Gasteiger partial charge in [0.25, 0.3) is 0 Å². The number of aliphatic hydroxyl groups is 1. The van der Waals surface area contributed by atoms with Crippen LogP contribution in [0.25, 0.3) is 11.4 Å². The normalized spacial score (nSPS) is 12.6. The second-order valence-corrected chi connectivity index (χ2v) is 12.9. The Balaban J connectivity index is 1.33. The van der Waals surface area contributed by atoms with Crippen LogP contribution in [-0.4, -0.2) is 58.9 Å². The molecular formula is C34H32F4N4O6S. The standard InChI is InChI=1S/C34H32F4N4O6S/c1-46-26-10-6-23(7-11-26)19-42(20-24-8-12-27(47-2)13-9-24)49(44,45)22-33(43)32-5-3-4-30(39-32)31-16-17-41(40-31)21-25-18-28(14-15-29(25)35)48-34(36,37)38/h3-18,33,43H,19-22H2,1-2H3. The lowest BCUT2D eigenvalue weighted by molar-refractivity contribution is -0.274. The van der Waals surface area contributed by atoms with Crippen molar-refractivity contribution in [3.8, 4) is 28.6 Å². The fraction of sp³-hybridized carbons (Fsp3) is 0.235. The number of nitrogens with zero attached hydrogens (tertiary/aromatic N) is 4. The summed E-state index contributed by atoms with van der Waals surface area (Å²) in [5, 5.41) is 15.5. The van der Waals surface area contributed by atoms with E-state index in [1.54, 1.807) is 66.7 Å². The second kappa shape index (κ2) is 15.1. The molecule has 2 heterocycles. The van der Waals surface area contributed by atoms with Crippen LogP contribution in [-0.2, 0) is 29.7 Å². The first-order valence-corrected chi connectivity index (χ1v) is 16.4. The van der Waals surface area contributed by atoms with Crippen LogP contribution in [0.2, 0.25) is 0 Å². The summed E-state index contributed by atoms with van der Waals surface area (Å²) >= 11 is 0. The van der Waals surface area contributed by atoms with E-state index < -0.39 is 39.8 Å². The van der Waals surface area contributed by atoms with Gasteiger partial charge in [-0.2, -0.15) is 9.40 Å². The number of methoxy groups -OCH3 is 2. The zero-order chi connectivity index (χ0) is 35.2. The van der Waals surface area contributed by atoms with Crippen molar-refractivity contribution in [1.29, 1.82) is 0 Å². The maximum Gasteiger partial charge on any atom is 0.573 e. The van der Waals surface area contributed by atoms with Crippen molar-refractivity contribution < 1.29 is 45.3 Å². The highest BCUT2D eigenvalue weighted by atomic mass is 32.2. The van der Waals surface area contributed by atoms with E-state index in [4.69, 9.17) is 9.47 Å². The smallest absolute Gasteiger partial charge is 0.497 e. The Hall–Kier alpha value is -4.99. The van der Waals surface area contributed by atoms with Gasteiger partial charge < -0.3 is 19.3 Å². The molecule has 1 atom stereocenters. The van der Waals surface area contributed by atoms with E-state index in [0.29, 0.717) is 28.3 Å². The number of hydrogen-bond donors (Lipinski definition) is 1. The summed E-state index contributed by atoms with van der Waals surface area (Å²) in [6.45, 7) is -0.150. The molecule has 5 rings (SSSR count). The van der Waals surface area contributed by atoms with Crippen LogP contribution < -0.4 is 14.2 Å². The minimum Gasteiger partial charge on any atom is -0.497 e. The quantitative estimate of drug-likeness (QED) is 0.138. The third-order valence-electron chi connectivity index (χ3n) is 7.40. The summed E-state index contributed by atoms with van der Waals surface area (Å²) in [5.41, 5.74) is 2.00. The van der Waals surface area contributed by atoms with E-state index >= 15 is 0 Å². The molecule has 1 unspecified atom stereocenters. The van der Waals surface area contributed by atoms with Gasteiger partial charge in [-0.15, -0.1) is 13.2 Å². The number of hydrogen-bond acceptors (Lipinski definition) is 8. The van der Waals surface area contributed by atoms with Crippen LogP contribution in [0.3, 0.4) is 0 Å². The second-order valence-electron chi connectivity index (χ2n) is 10.9. The summed E-state index contributed by atoms with van der Waals surface area (Å²) in [6, 6.07) is 22.9. The SMILES string of the molecule is COc1ccc(CN(Cc2ccc(OC)cc2)S(=O)(=O)CC(O)c2cccc(-c3ccn(Cc4cc(OC(F)(F)F)ccc4F)n3)n2)cc1. The van der Waals surface area contributed by atoms with Gasteiger partial charge in [0.05, 0.1) is 37.9 Å². The van der Waals surface area contributed by atoms with Gasteiger partial charge in [-0.05, 0) is 71.8 Å². The predicted octanol–water partition coefficient (Wildman–Crippen LogP) is 6.11. The molecule has 258 valence electrons. The summed E-state index contributed by atoms with van der Waals surface area (Å²) in [4.78, 5) is 4.43. The fourth-order valence-corrected chi connectivity index (χ4v) is 6.39. The molecule has 5 aromatic rings. The van der Waals surface area contributed by atoms with Crippen molar-refractivity contribution >= 4 is 10.0 Å². The number of ether oxygens (including phenoxy) is 3. The number of benzene rings is 3. The Labute approximate surface area is 280 Å². The summed E-state index contributed by atoms with van der Waals surface area (Å²) < 4.78 is 96.8. The van der Waals surface area contributed by atoms with Gasteiger partial charge in [0.1, 0.15) is 34.9 Å². The highest BCUT2D eigenvalue weighted by Crippen LogP contribution is 2.27. The van der Waals surface area contributed by atoms with Gasteiger partial charge in [-0.1, -0.05) is 30.3 Å². The zero-order valence-electron chi connectivity index (χ0n) is 26.3. The van der Waals surface area contributed by atoms with Gasteiger partial charge in [-0.25, -0.2) is 17.8 Å². The Morgan fingerprint density at radius 1 is 0.837 bits per heavy atom. The van der Waals surface area contributed by atoms with E-state index in [2.05, 4.69) is 14.8 Å². The number of aliphatic hydroxyl groups excluding tert-OH is 1. The van der Waals surface area contributed by atoms with Crippen molar-refractivity contribution in [1.82, 2.24) is 19.1 Å². The fourth-order valence-electron chi connectivity index (χ4n) is 4.92. The maximum atomic E-state index is 14.4. The van der Waals surface area contributed by atoms with Crippen molar-refractivity contribution in [2.75, 3.05) is 20.0 Å². The molecule has 0 spiro atoms. The molecule has 0 aliphatic heterocycles. The van der Waals surface area contributed by atoms with E-state index in [0.717, 1.165) is 18.2 Å². The molecule has 10 nitrogen and oxygen atoms in total. The third kappa shape index (κ3) is 9.55. The molecule has 1 N–H and O–H groups in total. The Morgan fingerprint density at radius 3 is 2.00 bits per heavy atom. The first-order chi connectivity index (χ1) is 23.3. The summed E-state index contributed by atoms with van der Waals surface area (Å²) in [6.07, 6.45) is -4.95. The van der Waals surface area contributed by atoms with Crippen molar-refractivity contribution in [3.63, 3.8) is 0 Å².